The van der Waals surface area contributed by atoms with Crippen molar-refractivity contribution >= 4 is 17.6 Å². The molecule has 0 radical (unpaired) electrons. The average molecular weight is 516 g/mol. The van der Waals surface area contributed by atoms with Crippen molar-refractivity contribution in [2.75, 3.05) is 11.9 Å². The quantitative estimate of drug-likeness (QED) is 0.104. The monoisotopic (exact) mass is 515 g/mol. The Hall–Kier alpha value is -1.84. The third kappa shape index (κ3) is 19.0. The van der Waals surface area contributed by atoms with Crippen LogP contribution in [0.25, 0.3) is 0 Å². The molecule has 1 N–H and O–H groups in total. The minimum atomic E-state index is -0.351. The van der Waals surface area contributed by atoms with Crippen LogP contribution in [0.5, 0.6) is 0 Å². The molecule has 0 unspecified atom stereocenters. The van der Waals surface area contributed by atoms with E-state index in [-0.39, 0.29) is 11.9 Å². The lowest BCUT2D eigenvalue weighted by molar-refractivity contribution is -0.116. The Morgan fingerprint density at radius 2 is 1.03 bits per heavy atom. The van der Waals surface area contributed by atoms with E-state index in [9.17, 15) is 9.59 Å². The van der Waals surface area contributed by atoms with Gasteiger partial charge in [-0.2, -0.15) is 0 Å². The lowest BCUT2D eigenvalue weighted by Gasteiger charge is -2.11. The van der Waals surface area contributed by atoms with Gasteiger partial charge in [-0.25, -0.2) is 4.79 Å². The molecule has 1 aromatic rings. The van der Waals surface area contributed by atoms with E-state index in [1.165, 1.54) is 109 Å². The summed E-state index contributed by atoms with van der Waals surface area (Å²) in [4.78, 5) is 25.0. The normalized spacial score (nSPS) is 11.0. The van der Waals surface area contributed by atoms with Gasteiger partial charge in [0, 0.05) is 6.42 Å². The van der Waals surface area contributed by atoms with Crippen LogP contribution in [0.3, 0.4) is 0 Å². The number of carbonyl (C=O) groups excluding carboxylic acids is 2. The van der Waals surface area contributed by atoms with Gasteiger partial charge in [-0.15, -0.1) is 0 Å². The molecule has 37 heavy (non-hydrogen) atoms. The number of benzene rings is 1. The molecule has 1 amide bonds. The number of hydrogen-bond donors (Lipinski definition) is 1. The fourth-order valence-corrected chi connectivity index (χ4v) is 4.76. The first-order valence-electron chi connectivity index (χ1n) is 15.7. The van der Waals surface area contributed by atoms with Gasteiger partial charge in [0.05, 0.1) is 17.9 Å². The van der Waals surface area contributed by atoms with Gasteiger partial charge in [0.25, 0.3) is 0 Å². The Bertz CT molecular complexity index is 688. The zero-order chi connectivity index (χ0) is 26.8. The number of nitrogens with one attached hydrogen (secondary N) is 1. The van der Waals surface area contributed by atoms with Gasteiger partial charge in [-0.1, -0.05) is 148 Å². The Balaban J connectivity index is 2.07. The Morgan fingerprint density at radius 1 is 0.595 bits per heavy atom. The van der Waals surface area contributed by atoms with Gasteiger partial charge < -0.3 is 10.1 Å². The van der Waals surface area contributed by atoms with Crippen molar-refractivity contribution in [3.8, 4) is 0 Å². The third-order valence-electron chi connectivity index (χ3n) is 7.16. The number of amides is 1. The van der Waals surface area contributed by atoms with E-state index in [1.807, 2.05) is 12.1 Å². The number of esters is 1. The van der Waals surface area contributed by atoms with E-state index < -0.39 is 0 Å². The summed E-state index contributed by atoms with van der Waals surface area (Å²) in [6.07, 6.45) is 27.1. The molecule has 0 saturated carbocycles. The highest BCUT2D eigenvalue weighted by atomic mass is 16.5. The minimum Gasteiger partial charge on any atom is -0.462 e. The molecule has 0 saturated heterocycles. The second-order valence-electron chi connectivity index (χ2n) is 10.7. The van der Waals surface area contributed by atoms with E-state index in [1.54, 1.807) is 12.1 Å². The maximum absolute atomic E-state index is 12.5. The van der Waals surface area contributed by atoms with E-state index >= 15 is 0 Å². The summed E-state index contributed by atoms with van der Waals surface area (Å²) >= 11 is 0. The molecular formula is C33H57NO3. The number of hydrogen-bond acceptors (Lipinski definition) is 3. The van der Waals surface area contributed by atoms with Gasteiger partial charge in [0.15, 0.2) is 0 Å². The topological polar surface area (TPSA) is 55.4 Å². The van der Waals surface area contributed by atoms with Gasteiger partial charge in [-0.3, -0.25) is 4.79 Å². The maximum atomic E-state index is 12.5. The fraction of sp³-hybridized carbons (Fsp3) is 0.758. The summed E-state index contributed by atoms with van der Waals surface area (Å²) in [5.41, 5.74) is 1.000. The molecule has 0 aliphatic rings. The van der Waals surface area contributed by atoms with Crippen LogP contribution in [-0.2, 0) is 9.53 Å². The Kier molecular flexibility index (Phi) is 22.0. The molecule has 4 nitrogen and oxygen atoms in total. The van der Waals surface area contributed by atoms with Crippen molar-refractivity contribution in [2.24, 2.45) is 0 Å². The van der Waals surface area contributed by atoms with Crippen LogP contribution >= 0.6 is 0 Å². The lowest BCUT2D eigenvalue weighted by Crippen LogP contribution is -2.15. The molecule has 212 valence electrons. The largest absolute Gasteiger partial charge is 0.462 e. The van der Waals surface area contributed by atoms with Crippen LogP contribution in [0.4, 0.5) is 5.69 Å². The average Bonchev–Trinajstić information content (AvgIpc) is 2.90. The van der Waals surface area contributed by atoms with Gasteiger partial charge in [-0.05, 0) is 25.0 Å². The van der Waals surface area contributed by atoms with E-state index in [0.29, 0.717) is 24.3 Å². The first-order valence-corrected chi connectivity index (χ1v) is 15.7. The number of rotatable bonds is 25. The molecule has 0 bridgehead atoms. The SMILES string of the molecule is CCCCCCCCCCCCCCCCCC(=O)Nc1ccccc1C(=O)OCCCCCCCC. The first kappa shape index (κ1) is 33.2. The summed E-state index contributed by atoms with van der Waals surface area (Å²) < 4.78 is 5.46. The third-order valence-corrected chi connectivity index (χ3v) is 7.16. The second kappa shape index (κ2) is 24.5. The number of ether oxygens (including phenoxy) is 1. The number of para-hydroxylation sites is 1. The summed E-state index contributed by atoms with van der Waals surface area (Å²) in [6, 6.07) is 7.16. The lowest BCUT2D eigenvalue weighted by atomic mass is 10.0. The van der Waals surface area contributed by atoms with Gasteiger partial charge in [0.2, 0.25) is 5.91 Å². The standard InChI is InChI=1S/C33H57NO3/c1-3-5-7-9-11-12-13-14-15-16-17-18-19-20-22-28-32(35)34-31-27-24-23-26-30(31)33(36)37-29-25-21-10-8-6-4-2/h23-24,26-27H,3-22,25,28-29H2,1-2H3,(H,34,35). The molecule has 0 aromatic heterocycles. The zero-order valence-corrected chi connectivity index (χ0v) is 24.3. The highest BCUT2D eigenvalue weighted by molar-refractivity contribution is 6.01. The van der Waals surface area contributed by atoms with Gasteiger partial charge >= 0.3 is 5.97 Å². The minimum absolute atomic E-state index is 0.0223. The van der Waals surface area contributed by atoms with Gasteiger partial charge in [0.1, 0.15) is 0 Å². The second-order valence-corrected chi connectivity index (χ2v) is 10.7. The Morgan fingerprint density at radius 3 is 1.54 bits per heavy atom. The number of anilines is 1. The summed E-state index contributed by atoms with van der Waals surface area (Å²) in [7, 11) is 0. The fourth-order valence-electron chi connectivity index (χ4n) is 4.76. The van der Waals surface area contributed by atoms with Crippen molar-refractivity contribution in [3.63, 3.8) is 0 Å². The molecule has 1 aromatic carbocycles. The smallest absolute Gasteiger partial charge is 0.340 e. The van der Waals surface area contributed by atoms with Crippen LogP contribution in [0.15, 0.2) is 24.3 Å². The van der Waals surface area contributed by atoms with Crippen molar-refractivity contribution < 1.29 is 14.3 Å². The molecule has 0 aliphatic heterocycles. The van der Waals surface area contributed by atoms with E-state index in [4.69, 9.17) is 4.74 Å². The predicted molar refractivity (Wildman–Crippen MR) is 158 cm³/mol. The van der Waals surface area contributed by atoms with Crippen molar-refractivity contribution in [2.45, 2.75) is 155 Å². The maximum Gasteiger partial charge on any atom is 0.340 e. The van der Waals surface area contributed by atoms with E-state index in [0.717, 1.165) is 25.7 Å². The van der Waals surface area contributed by atoms with Crippen LogP contribution in [0.2, 0.25) is 0 Å². The van der Waals surface area contributed by atoms with Crippen LogP contribution < -0.4 is 5.32 Å². The number of unbranched alkanes of at least 4 members (excludes halogenated alkanes) is 19. The predicted octanol–water partition coefficient (Wildman–Crippen LogP) is 10.4. The molecule has 0 heterocycles. The van der Waals surface area contributed by atoms with Crippen LogP contribution in [0, 0.1) is 0 Å². The molecular weight excluding hydrogens is 458 g/mol. The molecule has 0 fully saturated rings. The molecule has 0 aliphatic carbocycles. The van der Waals surface area contributed by atoms with Crippen molar-refractivity contribution in [1.29, 1.82) is 0 Å². The Labute approximate surface area is 228 Å². The zero-order valence-electron chi connectivity index (χ0n) is 24.3. The number of carbonyl (C=O) groups is 2. The molecule has 1 rings (SSSR count). The summed E-state index contributed by atoms with van der Waals surface area (Å²) in [6.45, 7) is 4.92. The van der Waals surface area contributed by atoms with Crippen LogP contribution in [0.1, 0.15) is 165 Å². The summed E-state index contributed by atoms with van der Waals surface area (Å²) in [5, 5.41) is 2.93. The highest BCUT2D eigenvalue weighted by Crippen LogP contribution is 2.18. The summed E-state index contributed by atoms with van der Waals surface area (Å²) in [5.74, 6) is -0.373. The highest BCUT2D eigenvalue weighted by Gasteiger charge is 2.14. The van der Waals surface area contributed by atoms with Crippen molar-refractivity contribution in [1.82, 2.24) is 0 Å². The molecule has 0 spiro atoms. The first-order chi connectivity index (χ1) is 18.2. The van der Waals surface area contributed by atoms with E-state index in [2.05, 4.69) is 19.2 Å². The molecule has 0 atom stereocenters. The molecule has 4 heteroatoms. The van der Waals surface area contributed by atoms with Crippen LogP contribution in [-0.4, -0.2) is 18.5 Å². The van der Waals surface area contributed by atoms with Crippen molar-refractivity contribution in [3.05, 3.63) is 29.8 Å².